The topological polar surface area (TPSA) is 119 Å². The van der Waals surface area contributed by atoms with Crippen molar-refractivity contribution in [1.29, 1.82) is 0 Å². The zero-order chi connectivity index (χ0) is 26.4. The van der Waals surface area contributed by atoms with E-state index in [2.05, 4.69) is 10.6 Å². The third kappa shape index (κ3) is 4.98. The van der Waals surface area contributed by atoms with Crippen molar-refractivity contribution in [1.82, 2.24) is 15.6 Å². The van der Waals surface area contributed by atoms with Crippen LogP contribution in [0.3, 0.4) is 0 Å². The summed E-state index contributed by atoms with van der Waals surface area (Å²) in [4.78, 5) is 42.3. The number of aromatic nitrogens is 1. The summed E-state index contributed by atoms with van der Waals surface area (Å²) >= 11 is 0. The molecule has 1 aromatic carbocycles. The van der Waals surface area contributed by atoms with Gasteiger partial charge in [-0.1, -0.05) is 18.2 Å². The molecule has 37 heavy (non-hydrogen) atoms. The number of hydrogen-bond donors (Lipinski definition) is 2. The van der Waals surface area contributed by atoms with Crippen LogP contribution in [0.4, 0.5) is 15.3 Å². The number of benzene rings is 1. The number of nitrogens with zero attached hydrogens (tertiary/aromatic N) is 2. The van der Waals surface area contributed by atoms with E-state index < -0.39 is 23.3 Å². The van der Waals surface area contributed by atoms with E-state index in [1.54, 1.807) is 11.1 Å². The molecule has 2 saturated heterocycles. The molecule has 5 rings (SSSR count). The van der Waals surface area contributed by atoms with Crippen molar-refractivity contribution in [2.75, 3.05) is 31.2 Å². The number of rotatable bonds is 6. The van der Waals surface area contributed by atoms with Crippen molar-refractivity contribution in [2.45, 2.75) is 44.9 Å². The van der Waals surface area contributed by atoms with Gasteiger partial charge in [-0.3, -0.25) is 14.7 Å². The molecule has 2 N–H and O–H groups in total. The minimum atomic E-state index is -0.590. The number of pyridine rings is 1. The number of alkyl carbamates (subject to hydrolysis) is 1. The lowest BCUT2D eigenvalue weighted by Crippen LogP contribution is -2.43. The second-order valence-corrected chi connectivity index (χ2v) is 10.8. The molecule has 0 radical (unpaired) electrons. The van der Waals surface area contributed by atoms with Gasteiger partial charge >= 0.3 is 12.2 Å². The van der Waals surface area contributed by atoms with Crippen LogP contribution < -0.4 is 15.5 Å². The fraction of sp³-hybridized carbons (Fsp3) is 0.481. The SMILES string of the molecule is CC(=O)NC[C@H]1CN(c2ccc(-c3ccc([C@@]4(NC(=O)OC(C)(C)C)[C@@H]5COC[C@@H]54)nc3)cc2)C(=O)O1. The molecule has 2 aliphatic heterocycles. The number of hydrogen-bond acceptors (Lipinski definition) is 7. The van der Waals surface area contributed by atoms with Crippen LogP contribution in [0.2, 0.25) is 0 Å². The zero-order valence-corrected chi connectivity index (χ0v) is 21.4. The van der Waals surface area contributed by atoms with Crippen molar-refractivity contribution in [3.8, 4) is 11.1 Å². The maximum atomic E-state index is 12.6. The van der Waals surface area contributed by atoms with Crippen LogP contribution in [0.25, 0.3) is 11.1 Å². The molecule has 3 amide bonds. The van der Waals surface area contributed by atoms with Crippen LogP contribution in [0.5, 0.6) is 0 Å². The summed E-state index contributed by atoms with van der Waals surface area (Å²) < 4.78 is 16.4. The number of carbonyl (C=O) groups is 3. The molecule has 0 bridgehead atoms. The second-order valence-electron chi connectivity index (χ2n) is 10.8. The van der Waals surface area contributed by atoms with Gasteiger partial charge in [0.2, 0.25) is 5.91 Å². The Labute approximate surface area is 215 Å². The van der Waals surface area contributed by atoms with Crippen molar-refractivity contribution in [3.05, 3.63) is 48.3 Å². The molecule has 4 atom stereocenters. The molecule has 1 aliphatic carbocycles. The Bertz CT molecular complexity index is 1180. The first kappa shape index (κ1) is 25.0. The van der Waals surface area contributed by atoms with Gasteiger partial charge in [-0.05, 0) is 44.5 Å². The van der Waals surface area contributed by atoms with E-state index in [0.717, 1.165) is 22.5 Å². The third-order valence-corrected chi connectivity index (χ3v) is 7.00. The van der Waals surface area contributed by atoms with E-state index in [0.29, 0.717) is 19.8 Å². The van der Waals surface area contributed by atoms with Crippen molar-refractivity contribution in [3.63, 3.8) is 0 Å². The zero-order valence-electron chi connectivity index (χ0n) is 21.4. The first-order valence-corrected chi connectivity index (χ1v) is 12.5. The molecule has 2 aromatic rings. The highest BCUT2D eigenvalue weighted by molar-refractivity contribution is 5.90. The summed E-state index contributed by atoms with van der Waals surface area (Å²) in [6.45, 7) is 8.75. The monoisotopic (exact) mass is 508 g/mol. The number of ether oxygens (including phenoxy) is 3. The average molecular weight is 509 g/mol. The van der Waals surface area contributed by atoms with Crippen LogP contribution in [0, 0.1) is 11.8 Å². The molecule has 1 saturated carbocycles. The summed E-state index contributed by atoms with van der Waals surface area (Å²) in [5.41, 5.74) is 2.20. The Morgan fingerprint density at radius 2 is 1.78 bits per heavy atom. The fourth-order valence-corrected chi connectivity index (χ4v) is 5.20. The van der Waals surface area contributed by atoms with Gasteiger partial charge in [0.25, 0.3) is 0 Å². The van der Waals surface area contributed by atoms with Crippen LogP contribution in [0.15, 0.2) is 42.6 Å². The predicted molar refractivity (Wildman–Crippen MR) is 135 cm³/mol. The third-order valence-electron chi connectivity index (χ3n) is 7.00. The highest BCUT2D eigenvalue weighted by Crippen LogP contribution is 2.60. The Balaban J connectivity index is 1.28. The van der Waals surface area contributed by atoms with Crippen LogP contribution in [-0.4, -0.2) is 61.1 Å². The number of nitrogens with one attached hydrogen (secondary N) is 2. The number of fused-ring (bicyclic) bond motifs is 1. The summed E-state index contributed by atoms with van der Waals surface area (Å²) in [7, 11) is 0. The van der Waals surface area contributed by atoms with Gasteiger partial charge in [0.05, 0.1) is 37.5 Å². The normalized spacial score (nSPS) is 26.3. The van der Waals surface area contributed by atoms with Crippen molar-refractivity contribution >= 4 is 23.8 Å². The van der Waals surface area contributed by atoms with Gasteiger partial charge in [0.15, 0.2) is 0 Å². The Morgan fingerprint density at radius 3 is 2.38 bits per heavy atom. The first-order valence-electron chi connectivity index (χ1n) is 12.5. The summed E-state index contributed by atoms with van der Waals surface area (Å²) in [5.74, 6) is 0.183. The minimum Gasteiger partial charge on any atom is -0.444 e. The summed E-state index contributed by atoms with van der Waals surface area (Å²) in [5, 5.41) is 5.76. The molecule has 0 unspecified atom stereocenters. The van der Waals surface area contributed by atoms with E-state index in [1.807, 2.05) is 57.2 Å². The Hall–Kier alpha value is -3.66. The Kier molecular flexibility index (Phi) is 6.31. The number of amides is 3. The quantitative estimate of drug-likeness (QED) is 0.615. The van der Waals surface area contributed by atoms with E-state index in [-0.39, 0.29) is 30.4 Å². The molecule has 196 valence electrons. The first-order chi connectivity index (χ1) is 17.6. The summed E-state index contributed by atoms with van der Waals surface area (Å²) in [6.07, 6.45) is 0.520. The van der Waals surface area contributed by atoms with Crippen LogP contribution in [0.1, 0.15) is 33.4 Å². The minimum absolute atomic E-state index is 0.164. The van der Waals surface area contributed by atoms with E-state index in [1.165, 1.54) is 6.92 Å². The smallest absolute Gasteiger partial charge is 0.414 e. The molecule has 10 heteroatoms. The van der Waals surface area contributed by atoms with Gasteiger partial charge in [0.1, 0.15) is 11.7 Å². The maximum Gasteiger partial charge on any atom is 0.414 e. The fourth-order valence-electron chi connectivity index (χ4n) is 5.20. The lowest BCUT2D eigenvalue weighted by molar-refractivity contribution is -0.119. The molecule has 1 aromatic heterocycles. The van der Waals surface area contributed by atoms with Gasteiger partial charge in [-0.25, -0.2) is 9.59 Å². The lowest BCUT2D eigenvalue weighted by atomic mass is 10.0. The highest BCUT2D eigenvalue weighted by atomic mass is 16.6. The Morgan fingerprint density at radius 1 is 1.11 bits per heavy atom. The maximum absolute atomic E-state index is 12.6. The molecule has 3 fully saturated rings. The van der Waals surface area contributed by atoms with Gasteiger partial charge in [-0.2, -0.15) is 0 Å². The van der Waals surface area contributed by atoms with E-state index in [4.69, 9.17) is 19.2 Å². The van der Waals surface area contributed by atoms with Gasteiger partial charge < -0.3 is 24.8 Å². The van der Waals surface area contributed by atoms with Crippen LogP contribution >= 0.6 is 0 Å². The van der Waals surface area contributed by atoms with E-state index >= 15 is 0 Å². The molecular weight excluding hydrogens is 476 g/mol. The number of carbonyl (C=O) groups excluding carboxylic acids is 3. The van der Waals surface area contributed by atoms with Crippen molar-refractivity contribution in [2.24, 2.45) is 11.8 Å². The molecule has 3 heterocycles. The van der Waals surface area contributed by atoms with Gasteiger partial charge in [0, 0.05) is 36.2 Å². The predicted octanol–water partition coefficient (Wildman–Crippen LogP) is 3.21. The summed E-state index contributed by atoms with van der Waals surface area (Å²) in [6, 6.07) is 11.5. The van der Waals surface area contributed by atoms with Crippen LogP contribution in [-0.2, 0) is 24.5 Å². The molecule has 10 nitrogen and oxygen atoms in total. The highest BCUT2D eigenvalue weighted by Gasteiger charge is 2.70. The molecule has 0 spiro atoms. The standard InChI is InChI=1S/C27H32N4O6/c1-16(32)28-12-20-13-31(25(34)36-20)19-8-5-17(6-9-19)18-7-10-23(29-11-18)27(21-14-35-15-22(21)27)30-24(33)37-26(2,3)4/h5-11,20-22H,12-15H2,1-4H3,(H,28,32)(H,30,33)/t20-,21-,22+,27-/m0/s1. The molecule has 3 aliphatic rings. The average Bonchev–Trinajstić information content (AvgIpc) is 3.17. The molecular formula is C27H32N4O6. The second kappa shape index (κ2) is 9.33. The number of anilines is 1. The van der Waals surface area contributed by atoms with E-state index in [9.17, 15) is 14.4 Å². The van der Waals surface area contributed by atoms with Crippen molar-refractivity contribution < 1.29 is 28.6 Å². The number of cyclic esters (lactones) is 1. The lowest BCUT2D eigenvalue weighted by Gasteiger charge is -2.26. The largest absolute Gasteiger partial charge is 0.444 e. The van der Waals surface area contributed by atoms with Gasteiger partial charge in [-0.15, -0.1) is 0 Å².